The van der Waals surface area contributed by atoms with Crippen LogP contribution in [0, 0.1) is 5.92 Å². The summed E-state index contributed by atoms with van der Waals surface area (Å²) in [6.07, 6.45) is 2.67. The van der Waals surface area contributed by atoms with E-state index in [1.807, 2.05) is 36.4 Å². The summed E-state index contributed by atoms with van der Waals surface area (Å²) in [4.78, 5) is 0.376. The number of hydrogen-bond acceptors (Lipinski definition) is 2. The highest BCUT2D eigenvalue weighted by Gasteiger charge is 2.36. The molecule has 134 valence electrons. The molecule has 1 saturated heterocycles. The van der Waals surface area contributed by atoms with Crippen LogP contribution in [0.4, 0.5) is 0 Å². The Labute approximate surface area is 155 Å². The lowest BCUT2D eigenvalue weighted by Crippen LogP contribution is -2.30. The number of sulfonamides is 1. The smallest absolute Gasteiger partial charge is 0.207 e. The van der Waals surface area contributed by atoms with Crippen LogP contribution < -0.4 is 0 Å². The second kappa shape index (κ2) is 7.48. The lowest BCUT2D eigenvalue weighted by molar-refractivity contribution is 0.396. The van der Waals surface area contributed by atoms with Crippen molar-refractivity contribution < 1.29 is 8.42 Å². The van der Waals surface area contributed by atoms with E-state index in [2.05, 4.69) is 13.8 Å². The molecule has 0 aliphatic carbocycles. The van der Waals surface area contributed by atoms with E-state index in [9.17, 15) is 8.42 Å². The van der Waals surface area contributed by atoms with Crippen LogP contribution in [0.5, 0.6) is 0 Å². The van der Waals surface area contributed by atoms with Crippen molar-refractivity contribution in [3.63, 3.8) is 0 Å². The van der Waals surface area contributed by atoms with E-state index in [-0.39, 0.29) is 6.04 Å². The topological polar surface area (TPSA) is 37.4 Å². The average Bonchev–Trinajstić information content (AvgIpc) is 3.06. The van der Waals surface area contributed by atoms with Gasteiger partial charge in [0, 0.05) is 11.6 Å². The molecular formula is C20H24ClNO2S. The Morgan fingerprint density at radius 2 is 1.72 bits per heavy atom. The highest BCUT2D eigenvalue weighted by molar-refractivity contribution is 7.89. The van der Waals surface area contributed by atoms with E-state index in [0.717, 1.165) is 24.8 Å². The molecule has 1 heterocycles. The fourth-order valence-corrected chi connectivity index (χ4v) is 5.26. The van der Waals surface area contributed by atoms with Gasteiger partial charge in [0.05, 0.1) is 10.9 Å². The Balaban J connectivity index is 1.86. The summed E-state index contributed by atoms with van der Waals surface area (Å²) in [6.45, 7) is 4.88. The minimum absolute atomic E-state index is 0.113. The van der Waals surface area contributed by atoms with Gasteiger partial charge in [0.1, 0.15) is 0 Å². The number of rotatable bonds is 5. The zero-order valence-corrected chi connectivity index (χ0v) is 16.2. The maximum atomic E-state index is 13.1. The van der Waals surface area contributed by atoms with Crippen molar-refractivity contribution in [2.75, 3.05) is 6.54 Å². The van der Waals surface area contributed by atoms with Gasteiger partial charge in [-0.15, -0.1) is 0 Å². The maximum absolute atomic E-state index is 13.1. The Hall–Kier alpha value is -1.36. The summed E-state index contributed by atoms with van der Waals surface area (Å²) >= 11 is 5.96. The fourth-order valence-electron chi connectivity index (χ4n) is 3.45. The van der Waals surface area contributed by atoms with Crippen molar-refractivity contribution in [3.8, 4) is 0 Å². The van der Waals surface area contributed by atoms with Gasteiger partial charge in [0.2, 0.25) is 10.0 Å². The molecule has 3 nitrogen and oxygen atoms in total. The summed E-state index contributed by atoms with van der Waals surface area (Å²) in [5, 5.41) is 0.664. The zero-order valence-electron chi connectivity index (χ0n) is 14.7. The molecule has 1 fully saturated rings. The summed E-state index contributed by atoms with van der Waals surface area (Å²) in [5.41, 5.74) is 2.17. The minimum Gasteiger partial charge on any atom is -0.207 e. The van der Waals surface area contributed by atoms with Gasteiger partial charge in [-0.1, -0.05) is 49.7 Å². The first-order chi connectivity index (χ1) is 11.9. The first-order valence-electron chi connectivity index (χ1n) is 8.74. The quantitative estimate of drug-likeness (QED) is 0.729. The molecule has 0 N–H and O–H groups in total. The molecule has 0 radical (unpaired) electrons. The van der Waals surface area contributed by atoms with Gasteiger partial charge in [0.15, 0.2) is 0 Å². The molecule has 1 atom stereocenters. The molecule has 3 rings (SSSR count). The third-order valence-corrected chi connectivity index (χ3v) is 6.81. The van der Waals surface area contributed by atoms with Gasteiger partial charge in [-0.25, -0.2) is 8.42 Å². The van der Waals surface area contributed by atoms with E-state index in [4.69, 9.17) is 11.6 Å². The molecule has 0 amide bonds. The predicted molar refractivity (Wildman–Crippen MR) is 102 cm³/mol. The van der Waals surface area contributed by atoms with Gasteiger partial charge >= 0.3 is 0 Å². The van der Waals surface area contributed by atoms with Crippen molar-refractivity contribution in [1.82, 2.24) is 4.31 Å². The van der Waals surface area contributed by atoms with Gasteiger partial charge in [-0.3, -0.25) is 0 Å². The third-order valence-electron chi connectivity index (χ3n) is 4.63. The van der Waals surface area contributed by atoms with Gasteiger partial charge in [-0.05, 0) is 60.6 Å². The molecule has 1 aliphatic rings. The standard InChI is InChI=1S/C20H24ClNO2S/c1-15(2)14-16-5-11-19(12-6-16)25(23,24)22-13-3-4-20(22)17-7-9-18(21)10-8-17/h5-12,15,20H,3-4,13-14H2,1-2H3/t20-/m0/s1. The summed E-state index contributed by atoms with van der Waals surface area (Å²) < 4.78 is 27.9. The van der Waals surface area contributed by atoms with Crippen LogP contribution in [0.1, 0.15) is 43.9 Å². The van der Waals surface area contributed by atoms with Crippen LogP contribution in [-0.4, -0.2) is 19.3 Å². The van der Waals surface area contributed by atoms with Crippen molar-refractivity contribution in [2.45, 2.75) is 44.0 Å². The van der Waals surface area contributed by atoms with Crippen molar-refractivity contribution in [3.05, 3.63) is 64.7 Å². The SMILES string of the molecule is CC(C)Cc1ccc(S(=O)(=O)N2CCC[C@H]2c2ccc(Cl)cc2)cc1. The predicted octanol–water partition coefficient (Wildman–Crippen LogP) is 5.06. The van der Waals surface area contributed by atoms with E-state index < -0.39 is 10.0 Å². The number of hydrogen-bond donors (Lipinski definition) is 0. The largest absolute Gasteiger partial charge is 0.243 e. The maximum Gasteiger partial charge on any atom is 0.243 e. The monoisotopic (exact) mass is 377 g/mol. The first-order valence-corrected chi connectivity index (χ1v) is 10.6. The van der Waals surface area contributed by atoms with E-state index in [0.29, 0.717) is 22.4 Å². The number of benzene rings is 2. The molecule has 2 aromatic carbocycles. The average molecular weight is 378 g/mol. The molecule has 5 heteroatoms. The molecule has 1 aliphatic heterocycles. The van der Waals surface area contributed by atoms with Crippen LogP contribution in [0.2, 0.25) is 5.02 Å². The summed E-state index contributed by atoms with van der Waals surface area (Å²) in [7, 11) is -3.49. The second-order valence-electron chi connectivity index (χ2n) is 7.07. The number of halogens is 1. The van der Waals surface area contributed by atoms with E-state index in [1.165, 1.54) is 5.56 Å². The Morgan fingerprint density at radius 1 is 1.08 bits per heavy atom. The van der Waals surface area contributed by atoms with E-state index in [1.54, 1.807) is 16.4 Å². The second-order valence-corrected chi connectivity index (χ2v) is 9.39. The lowest BCUT2D eigenvalue weighted by atomic mass is 10.0. The van der Waals surface area contributed by atoms with Gasteiger partial charge < -0.3 is 0 Å². The highest BCUT2D eigenvalue weighted by atomic mass is 35.5. The van der Waals surface area contributed by atoms with Gasteiger partial charge in [-0.2, -0.15) is 4.31 Å². The van der Waals surface area contributed by atoms with Crippen LogP contribution in [0.15, 0.2) is 53.4 Å². The summed E-state index contributed by atoms with van der Waals surface area (Å²) in [5.74, 6) is 0.551. The Kier molecular flexibility index (Phi) is 5.52. The highest BCUT2D eigenvalue weighted by Crippen LogP contribution is 2.36. The Bertz CT molecular complexity index is 814. The lowest BCUT2D eigenvalue weighted by Gasteiger charge is -2.24. The molecule has 2 aromatic rings. The molecule has 25 heavy (non-hydrogen) atoms. The van der Waals surface area contributed by atoms with Crippen LogP contribution >= 0.6 is 11.6 Å². The first kappa shape index (κ1) is 18.4. The van der Waals surface area contributed by atoms with Crippen LogP contribution in [0.3, 0.4) is 0 Å². The third kappa shape index (κ3) is 4.08. The molecule has 0 bridgehead atoms. The molecule has 0 spiro atoms. The summed E-state index contributed by atoms with van der Waals surface area (Å²) in [6, 6.07) is 14.7. The molecule has 0 unspecified atom stereocenters. The molecule has 0 saturated carbocycles. The van der Waals surface area contributed by atoms with Crippen LogP contribution in [-0.2, 0) is 16.4 Å². The van der Waals surface area contributed by atoms with Crippen molar-refractivity contribution in [2.24, 2.45) is 5.92 Å². The van der Waals surface area contributed by atoms with E-state index >= 15 is 0 Å². The molecular weight excluding hydrogens is 354 g/mol. The van der Waals surface area contributed by atoms with Gasteiger partial charge in [0.25, 0.3) is 0 Å². The minimum atomic E-state index is -3.49. The van der Waals surface area contributed by atoms with Crippen LogP contribution in [0.25, 0.3) is 0 Å². The fraction of sp³-hybridized carbons (Fsp3) is 0.400. The molecule has 0 aromatic heterocycles. The Morgan fingerprint density at radius 3 is 2.32 bits per heavy atom. The number of nitrogens with zero attached hydrogens (tertiary/aromatic N) is 1. The van der Waals surface area contributed by atoms with Crippen molar-refractivity contribution >= 4 is 21.6 Å². The zero-order chi connectivity index (χ0) is 18.0. The van der Waals surface area contributed by atoms with Crippen molar-refractivity contribution in [1.29, 1.82) is 0 Å². The normalized spacial score (nSPS) is 18.8.